The topological polar surface area (TPSA) is 49.4 Å². The van der Waals surface area contributed by atoms with Gasteiger partial charge in [0.25, 0.3) is 0 Å². The number of rotatable bonds is 6. The van der Waals surface area contributed by atoms with Gasteiger partial charge in [0.2, 0.25) is 10.0 Å². The number of sulfonamides is 1. The van der Waals surface area contributed by atoms with Gasteiger partial charge in [0.15, 0.2) is 0 Å². The second kappa shape index (κ2) is 5.68. The Balaban J connectivity index is 2.13. The fourth-order valence-electron chi connectivity index (χ4n) is 1.62. The molecule has 5 heteroatoms. The molecule has 0 saturated carbocycles. The average Bonchev–Trinajstić information content (AvgIpc) is 2.45. The predicted octanol–water partition coefficient (Wildman–Crippen LogP) is 0.412. The molecule has 1 aliphatic rings. The van der Waals surface area contributed by atoms with Gasteiger partial charge in [0, 0.05) is 13.1 Å². The molecular weight excluding hydrogens is 200 g/mol. The van der Waals surface area contributed by atoms with Crippen molar-refractivity contribution in [3.8, 4) is 0 Å². The minimum Gasteiger partial charge on any atom is -0.317 e. The third-order valence-corrected chi connectivity index (χ3v) is 4.35. The highest BCUT2D eigenvalue weighted by atomic mass is 32.2. The minimum atomic E-state index is -2.87. The summed E-state index contributed by atoms with van der Waals surface area (Å²) in [5.41, 5.74) is 0. The molecule has 0 aromatic heterocycles. The van der Waals surface area contributed by atoms with Crippen molar-refractivity contribution in [2.45, 2.75) is 26.2 Å². The largest absolute Gasteiger partial charge is 0.317 e. The molecule has 14 heavy (non-hydrogen) atoms. The molecule has 0 aromatic carbocycles. The van der Waals surface area contributed by atoms with Gasteiger partial charge in [0.1, 0.15) is 0 Å². The smallest absolute Gasteiger partial charge is 0.214 e. The summed E-state index contributed by atoms with van der Waals surface area (Å²) in [5, 5.41) is 3.26. The van der Waals surface area contributed by atoms with Crippen molar-refractivity contribution in [2.75, 3.05) is 31.9 Å². The number of hydrogen-bond acceptors (Lipinski definition) is 3. The van der Waals surface area contributed by atoms with Crippen LogP contribution >= 0.6 is 0 Å². The summed E-state index contributed by atoms with van der Waals surface area (Å²) in [6.45, 7) is 5.46. The van der Waals surface area contributed by atoms with Crippen LogP contribution in [0.2, 0.25) is 0 Å². The second-order valence-electron chi connectivity index (χ2n) is 3.67. The highest BCUT2D eigenvalue weighted by Gasteiger charge is 2.26. The molecule has 1 N–H and O–H groups in total. The van der Waals surface area contributed by atoms with Crippen LogP contribution in [-0.2, 0) is 10.0 Å². The van der Waals surface area contributed by atoms with Crippen LogP contribution < -0.4 is 5.32 Å². The molecule has 0 spiro atoms. The lowest BCUT2D eigenvalue weighted by atomic mass is 10.4. The van der Waals surface area contributed by atoms with E-state index in [0.717, 1.165) is 38.9 Å². The zero-order chi connectivity index (χ0) is 10.4. The molecule has 0 unspecified atom stereocenters. The first-order valence-electron chi connectivity index (χ1n) is 5.35. The molecule has 0 bridgehead atoms. The molecule has 1 heterocycles. The van der Waals surface area contributed by atoms with E-state index < -0.39 is 10.0 Å². The van der Waals surface area contributed by atoms with Gasteiger partial charge in [0.05, 0.1) is 5.75 Å². The molecule has 1 fully saturated rings. The van der Waals surface area contributed by atoms with Crippen molar-refractivity contribution in [2.24, 2.45) is 0 Å². The number of nitrogens with zero attached hydrogens (tertiary/aromatic N) is 1. The quantitative estimate of drug-likeness (QED) is 0.660. The Morgan fingerprint density at radius 1 is 1.36 bits per heavy atom. The highest BCUT2D eigenvalue weighted by molar-refractivity contribution is 7.89. The van der Waals surface area contributed by atoms with Crippen LogP contribution in [0.5, 0.6) is 0 Å². The summed E-state index contributed by atoms with van der Waals surface area (Å²) in [4.78, 5) is 0. The van der Waals surface area contributed by atoms with E-state index in [1.807, 2.05) is 0 Å². The SMILES string of the molecule is CCCNCCCN1CCCS1(=O)=O. The van der Waals surface area contributed by atoms with Crippen LogP contribution in [0.4, 0.5) is 0 Å². The molecule has 0 aliphatic carbocycles. The van der Waals surface area contributed by atoms with Gasteiger partial charge in [-0.1, -0.05) is 6.92 Å². The van der Waals surface area contributed by atoms with Gasteiger partial charge in [-0.2, -0.15) is 0 Å². The third-order valence-electron chi connectivity index (χ3n) is 2.39. The van der Waals surface area contributed by atoms with Crippen LogP contribution in [-0.4, -0.2) is 44.7 Å². The monoisotopic (exact) mass is 220 g/mol. The van der Waals surface area contributed by atoms with E-state index in [-0.39, 0.29) is 0 Å². The Morgan fingerprint density at radius 3 is 2.71 bits per heavy atom. The second-order valence-corrected chi connectivity index (χ2v) is 5.76. The van der Waals surface area contributed by atoms with Crippen molar-refractivity contribution in [1.29, 1.82) is 0 Å². The van der Waals surface area contributed by atoms with E-state index in [1.54, 1.807) is 4.31 Å². The van der Waals surface area contributed by atoms with Crippen molar-refractivity contribution in [3.63, 3.8) is 0 Å². The first-order valence-corrected chi connectivity index (χ1v) is 6.96. The Morgan fingerprint density at radius 2 is 2.14 bits per heavy atom. The zero-order valence-corrected chi connectivity index (χ0v) is 9.65. The normalized spacial score (nSPS) is 21.5. The van der Waals surface area contributed by atoms with Crippen LogP contribution in [0.25, 0.3) is 0 Å². The van der Waals surface area contributed by atoms with E-state index in [0.29, 0.717) is 12.3 Å². The Labute approximate surface area is 86.7 Å². The Hall–Kier alpha value is -0.130. The minimum absolute atomic E-state index is 0.343. The summed E-state index contributed by atoms with van der Waals surface area (Å²) in [6, 6.07) is 0. The van der Waals surface area contributed by atoms with Gasteiger partial charge >= 0.3 is 0 Å². The lowest BCUT2D eigenvalue weighted by Crippen LogP contribution is -2.29. The Kier molecular flexibility index (Phi) is 4.84. The fraction of sp³-hybridized carbons (Fsp3) is 1.00. The maximum atomic E-state index is 11.4. The molecule has 0 aromatic rings. The van der Waals surface area contributed by atoms with E-state index in [9.17, 15) is 8.42 Å². The van der Waals surface area contributed by atoms with E-state index in [1.165, 1.54) is 0 Å². The van der Waals surface area contributed by atoms with Gasteiger partial charge < -0.3 is 5.32 Å². The first-order chi connectivity index (χ1) is 6.67. The van der Waals surface area contributed by atoms with Gasteiger partial charge in [-0.15, -0.1) is 0 Å². The number of hydrogen-bond donors (Lipinski definition) is 1. The standard InChI is InChI=1S/C9H20N2O2S/c1-2-5-10-6-3-7-11-8-4-9-14(11,12)13/h10H,2-9H2,1H3. The molecule has 0 atom stereocenters. The summed E-state index contributed by atoms with van der Waals surface area (Å²) in [5.74, 6) is 0.343. The lowest BCUT2D eigenvalue weighted by molar-refractivity contribution is 0.429. The molecule has 4 nitrogen and oxygen atoms in total. The molecule has 1 saturated heterocycles. The van der Waals surface area contributed by atoms with Crippen LogP contribution in [0.15, 0.2) is 0 Å². The van der Waals surface area contributed by atoms with E-state index in [2.05, 4.69) is 12.2 Å². The lowest BCUT2D eigenvalue weighted by Gasteiger charge is -2.13. The van der Waals surface area contributed by atoms with Crippen molar-refractivity contribution >= 4 is 10.0 Å². The Bertz CT molecular complexity index is 252. The van der Waals surface area contributed by atoms with Crippen molar-refractivity contribution < 1.29 is 8.42 Å². The first kappa shape index (κ1) is 11.9. The average molecular weight is 220 g/mol. The van der Waals surface area contributed by atoms with E-state index >= 15 is 0 Å². The van der Waals surface area contributed by atoms with Crippen LogP contribution in [0.3, 0.4) is 0 Å². The third kappa shape index (κ3) is 3.55. The molecule has 0 radical (unpaired) electrons. The molecule has 0 amide bonds. The predicted molar refractivity (Wildman–Crippen MR) is 57.8 cm³/mol. The molecular formula is C9H20N2O2S. The highest BCUT2D eigenvalue weighted by Crippen LogP contribution is 2.12. The van der Waals surface area contributed by atoms with Crippen LogP contribution in [0.1, 0.15) is 26.2 Å². The maximum absolute atomic E-state index is 11.4. The summed E-state index contributed by atoms with van der Waals surface area (Å²) in [7, 11) is -2.87. The molecule has 84 valence electrons. The zero-order valence-electron chi connectivity index (χ0n) is 8.83. The summed E-state index contributed by atoms with van der Waals surface area (Å²) < 4.78 is 24.4. The molecule has 1 rings (SSSR count). The summed E-state index contributed by atoms with van der Waals surface area (Å²) in [6.07, 6.45) is 2.84. The van der Waals surface area contributed by atoms with Crippen LogP contribution in [0, 0.1) is 0 Å². The summed E-state index contributed by atoms with van der Waals surface area (Å²) >= 11 is 0. The van der Waals surface area contributed by atoms with Gasteiger partial charge in [-0.3, -0.25) is 0 Å². The fourth-order valence-corrected chi connectivity index (χ4v) is 3.19. The van der Waals surface area contributed by atoms with E-state index in [4.69, 9.17) is 0 Å². The number of nitrogens with one attached hydrogen (secondary N) is 1. The van der Waals surface area contributed by atoms with Crippen molar-refractivity contribution in [1.82, 2.24) is 9.62 Å². The van der Waals surface area contributed by atoms with Crippen molar-refractivity contribution in [3.05, 3.63) is 0 Å². The molecule has 1 aliphatic heterocycles. The maximum Gasteiger partial charge on any atom is 0.214 e. The van der Waals surface area contributed by atoms with Gasteiger partial charge in [-0.05, 0) is 32.4 Å². The van der Waals surface area contributed by atoms with Gasteiger partial charge in [-0.25, -0.2) is 12.7 Å².